The topological polar surface area (TPSA) is 46.9 Å². The number of pyridine rings is 1. The van der Waals surface area contributed by atoms with Crippen molar-refractivity contribution in [1.29, 1.82) is 0 Å². The second-order valence-electron chi connectivity index (χ2n) is 8.99. The molecule has 2 heterocycles. The zero-order valence-corrected chi connectivity index (χ0v) is 18.4. The Bertz CT molecular complexity index is 1270. The molecule has 1 N–H and O–H groups in total. The standard InChI is InChI=1S/C27H28FN3O/c1-18(19-6-3-2-4-7-19)29-27(32)24-9-5-8-20-14-15-31(26(20)24)17-23-12-10-21-16-22(28)11-13-25(21)30-23/h5,8-16,18-19H,2-4,6-7,17H2,1H3,(H,29,32). The lowest BCUT2D eigenvalue weighted by Crippen LogP contribution is -2.39. The van der Waals surface area contributed by atoms with Crippen molar-refractivity contribution in [3.8, 4) is 0 Å². The molecule has 32 heavy (non-hydrogen) atoms. The highest BCUT2D eigenvalue weighted by molar-refractivity contribution is 6.06. The first-order valence-corrected chi connectivity index (χ1v) is 11.5. The number of hydrogen-bond donors (Lipinski definition) is 1. The molecule has 1 unspecified atom stereocenters. The number of amides is 1. The SMILES string of the molecule is CC(NC(=O)c1cccc2ccn(Cc3ccc4cc(F)ccc4n3)c12)C1CCCCC1. The number of fused-ring (bicyclic) bond motifs is 2. The summed E-state index contributed by atoms with van der Waals surface area (Å²) in [6.45, 7) is 2.67. The normalized spacial score (nSPS) is 15.8. The number of halogens is 1. The molecule has 1 saturated carbocycles. The largest absolute Gasteiger partial charge is 0.349 e. The lowest BCUT2D eigenvalue weighted by molar-refractivity contribution is 0.0920. The molecule has 5 rings (SSSR count). The van der Waals surface area contributed by atoms with Crippen molar-refractivity contribution in [1.82, 2.24) is 14.9 Å². The molecule has 1 atom stereocenters. The molecule has 1 aliphatic carbocycles. The Morgan fingerprint density at radius 2 is 1.94 bits per heavy atom. The van der Waals surface area contributed by atoms with Crippen molar-refractivity contribution >= 4 is 27.7 Å². The zero-order valence-electron chi connectivity index (χ0n) is 18.4. The van der Waals surface area contributed by atoms with Gasteiger partial charge in [-0.05, 0) is 62.1 Å². The lowest BCUT2D eigenvalue weighted by atomic mass is 9.84. The third-order valence-corrected chi connectivity index (χ3v) is 6.79. The van der Waals surface area contributed by atoms with Gasteiger partial charge < -0.3 is 9.88 Å². The maximum absolute atomic E-state index is 13.5. The number of carbonyl (C=O) groups is 1. The number of carbonyl (C=O) groups excluding carboxylic acids is 1. The Hall–Kier alpha value is -3.21. The minimum Gasteiger partial charge on any atom is -0.349 e. The highest BCUT2D eigenvalue weighted by Gasteiger charge is 2.23. The summed E-state index contributed by atoms with van der Waals surface area (Å²) in [5.41, 5.74) is 3.24. The van der Waals surface area contributed by atoms with Crippen molar-refractivity contribution in [2.75, 3.05) is 0 Å². The fourth-order valence-electron chi connectivity index (χ4n) is 5.01. The van der Waals surface area contributed by atoms with E-state index < -0.39 is 0 Å². The highest BCUT2D eigenvalue weighted by Crippen LogP contribution is 2.27. The van der Waals surface area contributed by atoms with E-state index in [0.717, 1.165) is 27.5 Å². The van der Waals surface area contributed by atoms with Crippen LogP contribution >= 0.6 is 0 Å². The van der Waals surface area contributed by atoms with Gasteiger partial charge in [-0.25, -0.2) is 4.39 Å². The number of benzene rings is 2. The molecule has 1 amide bonds. The van der Waals surface area contributed by atoms with Gasteiger partial charge in [0, 0.05) is 23.0 Å². The van der Waals surface area contributed by atoms with Crippen molar-refractivity contribution < 1.29 is 9.18 Å². The second-order valence-corrected chi connectivity index (χ2v) is 8.99. The van der Waals surface area contributed by atoms with Gasteiger partial charge in [0.05, 0.1) is 28.8 Å². The maximum atomic E-state index is 13.5. The van der Waals surface area contributed by atoms with E-state index in [-0.39, 0.29) is 17.8 Å². The van der Waals surface area contributed by atoms with Crippen LogP contribution in [0.4, 0.5) is 4.39 Å². The van der Waals surface area contributed by atoms with E-state index in [1.807, 2.05) is 42.6 Å². The molecule has 0 bridgehead atoms. The third kappa shape index (κ3) is 4.12. The maximum Gasteiger partial charge on any atom is 0.253 e. The van der Waals surface area contributed by atoms with E-state index in [9.17, 15) is 9.18 Å². The summed E-state index contributed by atoms with van der Waals surface area (Å²) in [6.07, 6.45) is 8.22. The van der Waals surface area contributed by atoms with Gasteiger partial charge in [0.25, 0.3) is 5.91 Å². The van der Waals surface area contributed by atoms with Gasteiger partial charge in [-0.3, -0.25) is 9.78 Å². The minimum atomic E-state index is -0.262. The Kier molecular flexibility index (Phi) is 5.64. The zero-order chi connectivity index (χ0) is 22.1. The second kappa shape index (κ2) is 8.73. The Labute approximate surface area is 187 Å². The monoisotopic (exact) mass is 429 g/mol. The number of rotatable bonds is 5. The summed E-state index contributed by atoms with van der Waals surface area (Å²) in [4.78, 5) is 17.9. The number of aromatic nitrogens is 2. The highest BCUT2D eigenvalue weighted by atomic mass is 19.1. The molecule has 164 valence electrons. The molecular weight excluding hydrogens is 401 g/mol. The van der Waals surface area contributed by atoms with E-state index >= 15 is 0 Å². The fourth-order valence-corrected chi connectivity index (χ4v) is 5.01. The summed E-state index contributed by atoms with van der Waals surface area (Å²) in [7, 11) is 0. The molecule has 4 nitrogen and oxygen atoms in total. The molecule has 2 aromatic carbocycles. The van der Waals surface area contributed by atoms with Gasteiger partial charge in [-0.15, -0.1) is 0 Å². The van der Waals surface area contributed by atoms with Crippen LogP contribution in [0.2, 0.25) is 0 Å². The molecule has 5 heteroatoms. The van der Waals surface area contributed by atoms with Crippen LogP contribution in [0.1, 0.15) is 55.1 Å². The van der Waals surface area contributed by atoms with E-state index in [2.05, 4.69) is 16.8 Å². The van der Waals surface area contributed by atoms with Crippen LogP contribution < -0.4 is 5.32 Å². The predicted octanol–water partition coefficient (Wildman–Crippen LogP) is 6.08. The number of nitrogens with zero attached hydrogens (tertiary/aromatic N) is 2. The van der Waals surface area contributed by atoms with Crippen LogP contribution in [0.3, 0.4) is 0 Å². The molecule has 4 aromatic rings. The number of nitrogens with one attached hydrogen (secondary N) is 1. The van der Waals surface area contributed by atoms with Gasteiger partial charge in [-0.1, -0.05) is 37.5 Å². The van der Waals surface area contributed by atoms with Crippen LogP contribution in [-0.4, -0.2) is 21.5 Å². The van der Waals surface area contributed by atoms with Crippen LogP contribution in [0.5, 0.6) is 0 Å². The van der Waals surface area contributed by atoms with Crippen LogP contribution in [-0.2, 0) is 6.54 Å². The molecule has 1 fully saturated rings. The number of hydrogen-bond acceptors (Lipinski definition) is 2. The summed E-state index contributed by atoms with van der Waals surface area (Å²) >= 11 is 0. The van der Waals surface area contributed by atoms with E-state index in [1.165, 1.54) is 44.2 Å². The van der Waals surface area contributed by atoms with E-state index in [1.54, 1.807) is 6.07 Å². The van der Waals surface area contributed by atoms with Crippen molar-refractivity contribution in [3.63, 3.8) is 0 Å². The Balaban J connectivity index is 1.42. The molecule has 1 aliphatic rings. The number of para-hydroxylation sites is 1. The molecule has 0 saturated heterocycles. The molecule has 0 radical (unpaired) electrons. The van der Waals surface area contributed by atoms with Gasteiger partial charge in [0.2, 0.25) is 0 Å². The van der Waals surface area contributed by atoms with E-state index in [4.69, 9.17) is 4.98 Å². The smallest absolute Gasteiger partial charge is 0.253 e. The molecule has 2 aromatic heterocycles. The summed E-state index contributed by atoms with van der Waals surface area (Å²) < 4.78 is 15.6. The molecule has 0 spiro atoms. The Morgan fingerprint density at radius 1 is 1.09 bits per heavy atom. The molecule has 0 aliphatic heterocycles. The molecular formula is C27H28FN3O. The van der Waals surface area contributed by atoms with E-state index in [0.29, 0.717) is 18.0 Å². The van der Waals surface area contributed by atoms with Crippen molar-refractivity contribution in [3.05, 3.63) is 77.9 Å². The predicted molar refractivity (Wildman–Crippen MR) is 126 cm³/mol. The average Bonchev–Trinajstić information content (AvgIpc) is 3.22. The fraction of sp³-hybridized carbons (Fsp3) is 0.333. The van der Waals surface area contributed by atoms with Gasteiger partial charge in [-0.2, -0.15) is 0 Å². The van der Waals surface area contributed by atoms with Crippen molar-refractivity contribution in [2.45, 2.75) is 51.6 Å². The first kappa shape index (κ1) is 20.7. The van der Waals surface area contributed by atoms with Gasteiger partial charge >= 0.3 is 0 Å². The van der Waals surface area contributed by atoms with Crippen LogP contribution in [0.15, 0.2) is 60.8 Å². The van der Waals surface area contributed by atoms with Crippen LogP contribution in [0, 0.1) is 11.7 Å². The third-order valence-electron chi connectivity index (χ3n) is 6.79. The first-order valence-electron chi connectivity index (χ1n) is 11.5. The Morgan fingerprint density at radius 3 is 2.78 bits per heavy atom. The summed E-state index contributed by atoms with van der Waals surface area (Å²) in [6, 6.07) is 16.5. The summed E-state index contributed by atoms with van der Waals surface area (Å²) in [5, 5.41) is 5.08. The van der Waals surface area contributed by atoms with Crippen LogP contribution in [0.25, 0.3) is 21.8 Å². The quantitative estimate of drug-likeness (QED) is 0.418. The van der Waals surface area contributed by atoms with Gasteiger partial charge in [0.15, 0.2) is 0 Å². The van der Waals surface area contributed by atoms with Gasteiger partial charge in [0.1, 0.15) is 5.82 Å². The minimum absolute atomic E-state index is 0.0180. The lowest BCUT2D eigenvalue weighted by Gasteiger charge is -2.28. The first-order chi connectivity index (χ1) is 15.6. The summed E-state index contributed by atoms with van der Waals surface area (Å²) in [5.74, 6) is 0.280. The van der Waals surface area contributed by atoms with Crippen molar-refractivity contribution in [2.24, 2.45) is 5.92 Å². The average molecular weight is 430 g/mol.